The molecule has 1 fully saturated rings. The molecule has 0 spiro atoms. The molecule has 9 heteroatoms. The molecule has 1 amide bonds. The molecule has 2 rings (SSSR count). The summed E-state index contributed by atoms with van der Waals surface area (Å²) in [5.74, 6) is -1.25. The van der Waals surface area contributed by atoms with Crippen LogP contribution in [-0.2, 0) is 4.79 Å². The minimum atomic E-state index is -1.15. The van der Waals surface area contributed by atoms with E-state index < -0.39 is 5.97 Å². The third-order valence-electron chi connectivity index (χ3n) is 2.91. The minimum Gasteiger partial charge on any atom is -0.478 e. The number of azide groups is 1. The number of aromatic carboxylic acids is 1. The summed E-state index contributed by atoms with van der Waals surface area (Å²) in [5, 5.41) is 12.4. The second-order valence-electron chi connectivity index (χ2n) is 4.33. The van der Waals surface area contributed by atoms with Crippen LogP contribution < -0.4 is 4.90 Å². The Morgan fingerprint density at radius 2 is 2.40 bits per heavy atom. The summed E-state index contributed by atoms with van der Waals surface area (Å²) in [6.07, 6.45) is 0.232. The smallest absolute Gasteiger partial charge is 0.335 e. The predicted octanol–water partition coefficient (Wildman–Crippen LogP) is 2.10. The number of halogens is 1. The van der Waals surface area contributed by atoms with E-state index in [0.717, 1.165) is 0 Å². The van der Waals surface area contributed by atoms with Crippen LogP contribution in [0.3, 0.4) is 0 Å². The van der Waals surface area contributed by atoms with Crippen LogP contribution in [0.15, 0.2) is 17.2 Å². The third kappa shape index (κ3) is 2.98. The quantitative estimate of drug-likeness (QED) is 0.396. The van der Waals surface area contributed by atoms with Crippen molar-refractivity contribution in [3.63, 3.8) is 0 Å². The van der Waals surface area contributed by atoms with Gasteiger partial charge >= 0.3 is 5.97 Å². The van der Waals surface area contributed by atoms with E-state index in [2.05, 4.69) is 15.0 Å². The van der Waals surface area contributed by atoms with Gasteiger partial charge in [-0.05, 0) is 23.6 Å². The van der Waals surface area contributed by atoms with E-state index in [9.17, 15) is 9.59 Å². The largest absolute Gasteiger partial charge is 0.478 e. The highest BCUT2D eigenvalue weighted by Crippen LogP contribution is 2.26. The van der Waals surface area contributed by atoms with Crippen molar-refractivity contribution in [1.82, 2.24) is 4.98 Å². The van der Waals surface area contributed by atoms with Crippen LogP contribution in [0.1, 0.15) is 16.8 Å². The number of pyridine rings is 1. The van der Waals surface area contributed by atoms with Crippen LogP contribution in [0.2, 0.25) is 5.15 Å². The molecule has 1 atom stereocenters. The lowest BCUT2D eigenvalue weighted by atomic mass is 10.1. The van der Waals surface area contributed by atoms with E-state index in [1.165, 1.54) is 17.0 Å². The van der Waals surface area contributed by atoms with E-state index in [4.69, 9.17) is 22.2 Å². The summed E-state index contributed by atoms with van der Waals surface area (Å²) in [7, 11) is 0. The normalized spacial score (nSPS) is 17.9. The lowest BCUT2D eigenvalue weighted by Crippen LogP contribution is -2.26. The molecule has 1 aromatic heterocycles. The Balaban J connectivity index is 2.25. The van der Waals surface area contributed by atoms with Crippen molar-refractivity contribution >= 4 is 29.3 Å². The van der Waals surface area contributed by atoms with Crippen molar-refractivity contribution in [1.29, 1.82) is 0 Å². The highest BCUT2D eigenvalue weighted by Gasteiger charge is 2.31. The lowest BCUT2D eigenvalue weighted by Gasteiger charge is -2.16. The van der Waals surface area contributed by atoms with Crippen molar-refractivity contribution in [3.8, 4) is 0 Å². The fraction of sp³-hybridized carbons (Fsp3) is 0.364. The zero-order chi connectivity index (χ0) is 14.7. The Labute approximate surface area is 118 Å². The number of anilines is 1. The molecule has 104 valence electrons. The number of carbonyl (C=O) groups excluding carboxylic acids is 1. The number of carboxylic acids is 1. The highest BCUT2D eigenvalue weighted by atomic mass is 35.5. The van der Waals surface area contributed by atoms with Crippen molar-refractivity contribution in [2.24, 2.45) is 11.0 Å². The number of nitrogens with zero attached hydrogens (tertiary/aromatic N) is 5. The number of hydrogen-bond acceptors (Lipinski definition) is 4. The summed E-state index contributed by atoms with van der Waals surface area (Å²) in [6, 6.07) is 2.51. The Hall–Kier alpha value is -2.31. The maximum absolute atomic E-state index is 11.9. The molecule has 0 aliphatic carbocycles. The van der Waals surface area contributed by atoms with Crippen molar-refractivity contribution in [3.05, 3.63) is 33.3 Å². The number of aromatic nitrogens is 1. The van der Waals surface area contributed by atoms with Gasteiger partial charge in [-0.3, -0.25) is 9.69 Å². The fourth-order valence-electron chi connectivity index (χ4n) is 2.02. The molecule has 0 radical (unpaired) electrons. The SMILES string of the molecule is [N-]=[N+]=NCC1CC(=O)N(c2cc(C(=O)O)cc(Cl)n2)C1. The Bertz CT molecular complexity index is 614. The van der Waals surface area contributed by atoms with E-state index in [1.54, 1.807) is 0 Å². The number of carbonyl (C=O) groups is 2. The zero-order valence-electron chi connectivity index (χ0n) is 10.2. The maximum Gasteiger partial charge on any atom is 0.335 e. The van der Waals surface area contributed by atoms with Crippen LogP contribution in [-0.4, -0.2) is 35.1 Å². The molecule has 0 saturated carbocycles. The molecule has 0 bridgehead atoms. The molecule has 1 unspecified atom stereocenters. The lowest BCUT2D eigenvalue weighted by molar-refractivity contribution is -0.117. The molecule has 8 nitrogen and oxygen atoms in total. The molecule has 1 aliphatic rings. The Morgan fingerprint density at radius 3 is 3.05 bits per heavy atom. The monoisotopic (exact) mass is 295 g/mol. The highest BCUT2D eigenvalue weighted by molar-refractivity contribution is 6.29. The van der Waals surface area contributed by atoms with Crippen LogP contribution >= 0.6 is 11.6 Å². The molecule has 2 heterocycles. The van der Waals surface area contributed by atoms with Gasteiger partial charge in [-0.1, -0.05) is 16.7 Å². The second kappa shape index (κ2) is 5.77. The summed E-state index contributed by atoms with van der Waals surface area (Å²) >= 11 is 5.76. The van der Waals surface area contributed by atoms with E-state index >= 15 is 0 Å². The van der Waals surface area contributed by atoms with Crippen LogP contribution in [0.4, 0.5) is 5.82 Å². The standard InChI is InChI=1S/C11H10ClN5O3/c12-8-2-7(11(19)20)3-9(15-8)17-5-6(1-10(17)18)4-14-16-13/h2-3,6H,1,4-5H2,(H,19,20). The molecule has 1 N–H and O–H groups in total. The summed E-state index contributed by atoms with van der Waals surface area (Å²) in [5.41, 5.74) is 8.24. The number of rotatable bonds is 4. The average Bonchev–Trinajstić information content (AvgIpc) is 2.77. The van der Waals surface area contributed by atoms with Gasteiger partial charge in [-0.2, -0.15) is 0 Å². The van der Waals surface area contributed by atoms with Gasteiger partial charge in [-0.25, -0.2) is 9.78 Å². The summed E-state index contributed by atoms with van der Waals surface area (Å²) in [4.78, 5) is 30.8. The van der Waals surface area contributed by atoms with Gasteiger partial charge in [0.05, 0.1) is 5.56 Å². The first-order valence-electron chi connectivity index (χ1n) is 5.73. The van der Waals surface area contributed by atoms with Crippen LogP contribution in [0, 0.1) is 5.92 Å². The number of hydrogen-bond donors (Lipinski definition) is 1. The van der Waals surface area contributed by atoms with Gasteiger partial charge in [0.15, 0.2) is 0 Å². The minimum absolute atomic E-state index is 0.00574. The van der Waals surface area contributed by atoms with Crippen LogP contribution in [0.25, 0.3) is 10.4 Å². The van der Waals surface area contributed by atoms with Crippen molar-refractivity contribution in [2.45, 2.75) is 6.42 Å². The summed E-state index contributed by atoms with van der Waals surface area (Å²) < 4.78 is 0. The first kappa shape index (κ1) is 14.1. The summed E-state index contributed by atoms with van der Waals surface area (Å²) in [6.45, 7) is 0.537. The Kier molecular flexibility index (Phi) is 4.07. The van der Waals surface area contributed by atoms with Crippen LogP contribution in [0.5, 0.6) is 0 Å². The molecular weight excluding hydrogens is 286 g/mol. The van der Waals surface area contributed by atoms with Crippen molar-refractivity contribution < 1.29 is 14.7 Å². The predicted molar refractivity (Wildman–Crippen MR) is 70.7 cm³/mol. The second-order valence-corrected chi connectivity index (χ2v) is 4.72. The maximum atomic E-state index is 11.9. The fourth-order valence-corrected chi connectivity index (χ4v) is 2.23. The first-order chi connectivity index (χ1) is 9.51. The van der Waals surface area contributed by atoms with E-state index in [-0.39, 0.29) is 41.3 Å². The van der Waals surface area contributed by atoms with E-state index in [0.29, 0.717) is 6.54 Å². The van der Waals surface area contributed by atoms with Gasteiger partial charge < -0.3 is 5.11 Å². The molecule has 1 aliphatic heterocycles. The van der Waals surface area contributed by atoms with Gasteiger partial charge in [0.25, 0.3) is 0 Å². The average molecular weight is 296 g/mol. The molecule has 1 aromatic rings. The number of amides is 1. The number of carboxylic acid groups (broad SMARTS) is 1. The topological polar surface area (TPSA) is 119 Å². The van der Waals surface area contributed by atoms with Gasteiger partial charge in [0.2, 0.25) is 5.91 Å². The zero-order valence-corrected chi connectivity index (χ0v) is 11.0. The van der Waals surface area contributed by atoms with Gasteiger partial charge in [-0.15, -0.1) is 0 Å². The Morgan fingerprint density at radius 1 is 1.65 bits per heavy atom. The molecule has 1 saturated heterocycles. The van der Waals surface area contributed by atoms with Crippen molar-refractivity contribution in [2.75, 3.05) is 18.0 Å². The first-order valence-corrected chi connectivity index (χ1v) is 6.11. The van der Waals surface area contributed by atoms with Gasteiger partial charge in [0, 0.05) is 24.4 Å². The van der Waals surface area contributed by atoms with Gasteiger partial charge in [0.1, 0.15) is 11.0 Å². The molecule has 20 heavy (non-hydrogen) atoms. The molecular formula is C11H10ClN5O3. The molecule has 0 aromatic carbocycles. The third-order valence-corrected chi connectivity index (χ3v) is 3.11. The van der Waals surface area contributed by atoms with E-state index in [1.807, 2.05) is 0 Å².